The molecule has 6 aromatic rings. The Morgan fingerprint density at radius 3 is 1.18 bits per heavy atom. The number of carbonyl (C=O) groups excluding carboxylic acids is 2. The van der Waals surface area contributed by atoms with Gasteiger partial charge in [-0.15, -0.1) is 0 Å². The Kier molecular flexibility index (Phi) is 12.7. The molecular formula is C50H51ClN4O2. The molecule has 0 bridgehead atoms. The Bertz CT molecular complexity index is 2300. The van der Waals surface area contributed by atoms with E-state index in [1.807, 2.05) is 91.0 Å². The van der Waals surface area contributed by atoms with Crippen molar-refractivity contribution in [1.29, 1.82) is 0 Å². The molecule has 57 heavy (non-hydrogen) atoms. The molecule has 6 aromatic carbocycles. The van der Waals surface area contributed by atoms with Gasteiger partial charge < -0.3 is 20.0 Å². The zero-order valence-electron chi connectivity index (χ0n) is 33.2. The molecule has 0 aliphatic heterocycles. The fraction of sp³-hybridized carbons (Fsp3) is 0.240. The number of nitrogens with one attached hydrogen (secondary N) is 1. The van der Waals surface area contributed by atoms with Crippen LogP contribution in [0.2, 0.25) is 5.02 Å². The lowest BCUT2D eigenvalue weighted by Gasteiger charge is -2.36. The highest BCUT2D eigenvalue weighted by Crippen LogP contribution is 2.48. The maximum absolute atomic E-state index is 16.0. The second-order valence-electron chi connectivity index (χ2n) is 14.5. The number of fused-ring (bicyclic) bond motifs is 2. The number of hydrogen-bond acceptors (Lipinski definition) is 6. The number of anilines is 8. The molecule has 0 fully saturated rings. The van der Waals surface area contributed by atoms with Crippen LogP contribution in [-0.4, -0.2) is 31.2 Å². The largest absolute Gasteiger partial charge is 0.355 e. The van der Waals surface area contributed by atoms with Gasteiger partial charge in [0, 0.05) is 47.4 Å². The van der Waals surface area contributed by atoms with Gasteiger partial charge in [0.15, 0.2) is 11.6 Å². The molecule has 1 aliphatic rings. The van der Waals surface area contributed by atoms with Gasteiger partial charge in [-0.2, -0.15) is 0 Å². The van der Waals surface area contributed by atoms with Gasteiger partial charge in [-0.1, -0.05) is 106 Å². The van der Waals surface area contributed by atoms with Crippen LogP contribution in [0.3, 0.4) is 0 Å². The van der Waals surface area contributed by atoms with E-state index in [-0.39, 0.29) is 11.6 Å². The molecule has 6 nitrogen and oxygen atoms in total. The highest BCUT2D eigenvalue weighted by Gasteiger charge is 2.40. The van der Waals surface area contributed by atoms with Crippen LogP contribution in [0.5, 0.6) is 0 Å². The van der Waals surface area contributed by atoms with Gasteiger partial charge in [-0.05, 0) is 104 Å². The van der Waals surface area contributed by atoms with Gasteiger partial charge in [0.05, 0.1) is 45.0 Å². The van der Waals surface area contributed by atoms with Crippen molar-refractivity contribution in [2.24, 2.45) is 0 Å². The number of ketones is 2. The van der Waals surface area contributed by atoms with Crippen molar-refractivity contribution >= 4 is 68.7 Å². The van der Waals surface area contributed by atoms with Crippen molar-refractivity contribution < 1.29 is 9.59 Å². The van der Waals surface area contributed by atoms with E-state index in [4.69, 9.17) is 11.6 Å². The number of halogens is 1. The summed E-state index contributed by atoms with van der Waals surface area (Å²) in [6, 6.07) is 46.1. The Balaban J connectivity index is 1.54. The van der Waals surface area contributed by atoms with Gasteiger partial charge >= 0.3 is 0 Å². The molecular weight excluding hydrogens is 724 g/mol. The molecule has 0 spiro atoms. The Morgan fingerprint density at radius 1 is 0.439 bits per heavy atom. The first-order chi connectivity index (χ1) is 27.9. The van der Waals surface area contributed by atoms with Crippen LogP contribution >= 0.6 is 11.6 Å². The summed E-state index contributed by atoms with van der Waals surface area (Å²) in [7, 11) is 0. The summed E-state index contributed by atoms with van der Waals surface area (Å²) in [5.41, 5.74) is 8.10. The highest BCUT2D eigenvalue weighted by molar-refractivity contribution is 6.35. The fourth-order valence-corrected chi connectivity index (χ4v) is 7.88. The normalized spacial score (nSPS) is 11.9. The second-order valence-corrected chi connectivity index (χ2v) is 15.0. The standard InChI is InChI=1S/C50H51ClN4O2/c1-4-7-33-53(38-19-13-10-14-20-38)42-30-29-41(52-37-27-25-36(51)26-28-37)45-46(42)50(57)48-44(55(35-9-6-3)40-23-17-12-18-24-40)32-31-43(47(48)49(45)56)54(34-8-5-2)39-21-15-11-16-22-39/h10-32,52H,4-9,33-35H2,1-3H3. The molecule has 0 unspecified atom stereocenters. The topological polar surface area (TPSA) is 55.9 Å². The smallest absolute Gasteiger partial charge is 0.198 e. The van der Waals surface area contributed by atoms with E-state index in [1.165, 1.54) is 0 Å². The van der Waals surface area contributed by atoms with Crippen molar-refractivity contribution in [2.75, 3.05) is 39.7 Å². The van der Waals surface area contributed by atoms with Crippen LogP contribution in [0.25, 0.3) is 0 Å². The Morgan fingerprint density at radius 2 is 0.789 bits per heavy atom. The summed E-state index contributed by atoms with van der Waals surface area (Å²) in [4.78, 5) is 38.6. The lowest BCUT2D eigenvalue weighted by Crippen LogP contribution is -2.32. The highest BCUT2D eigenvalue weighted by atomic mass is 35.5. The van der Waals surface area contributed by atoms with Gasteiger partial charge in [-0.3, -0.25) is 9.59 Å². The Labute approximate surface area is 342 Å². The molecule has 0 amide bonds. The van der Waals surface area contributed by atoms with Crippen molar-refractivity contribution in [2.45, 2.75) is 59.3 Å². The van der Waals surface area contributed by atoms with Crippen LogP contribution in [0.15, 0.2) is 140 Å². The zero-order chi connectivity index (χ0) is 39.7. The van der Waals surface area contributed by atoms with Crippen molar-refractivity contribution in [3.05, 3.63) is 167 Å². The third-order valence-electron chi connectivity index (χ3n) is 10.7. The third kappa shape index (κ3) is 8.33. The first-order valence-electron chi connectivity index (χ1n) is 20.4. The van der Waals surface area contributed by atoms with E-state index in [2.05, 4.69) is 89.3 Å². The predicted octanol–water partition coefficient (Wildman–Crippen LogP) is 13.7. The summed E-state index contributed by atoms with van der Waals surface area (Å²) in [6.07, 6.45) is 5.66. The number of para-hydroxylation sites is 3. The maximum atomic E-state index is 16.0. The summed E-state index contributed by atoms with van der Waals surface area (Å²) < 4.78 is 0. The van der Waals surface area contributed by atoms with E-state index in [1.54, 1.807) is 0 Å². The number of benzene rings is 6. The van der Waals surface area contributed by atoms with Crippen LogP contribution in [0.1, 0.15) is 91.1 Å². The number of nitrogens with zero attached hydrogens (tertiary/aromatic N) is 3. The first-order valence-corrected chi connectivity index (χ1v) is 20.8. The molecule has 290 valence electrons. The molecule has 1 aliphatic carbocycles. The maximum Gasteiger partial charge on any atom is 0.198 e. The monoisotopic (exact) mass is 774 g/mol. The quantitative estimate of drug-likeness (QED) is 0.0994. The van der Waals surface area contributed by atoms with Gasteiger partial charge in [0.1, 0.15) is 0 Å². The van der Waals surface area contributed by atoms with Crippen LogP contribution in [0, 0.1) is 0 Å². The van der Waals surface area contributed by atoms with Crippen LogP contribution < -0.4 is 20.0 Å². The SMILES string of the molecule is CCCCN(c1ccccc1)c1ccc(Nc2ccc(Cl)cc2)c2c1C(=O)c1c(N(CCCC)c3ccccc3)ccc(N(CCCC)c3ccccc3)c1C2=O. The minimum Gasteiger partial charge on any atom is -0.355 e. The minimum atomic E-state index is -0.181. The molecule has 0 saturated carbocycles. The molecule has 7 rings (SSSR count). The first kappa shape index (κ1) is 39.4. The number of carbonyl (C=O) groups is 2. The predicted molar refractivity (Wildman–Crippen MR) is 240 cm³/mol. The molecule has 0 heterocycles. The van der Waals surface area contributed by atoms with Gasteiger partial charge in [0.25, 0.3) is 0 Å². The van der Waals surface area contributed by atoms with Crippen molar-refractivity contribution in [3.63, 3.8) is 0 Å². The van der Waals surface area contributed by atoms with E-state index in [0.717, 1.165) is 78.3 Å². The summed E-state index contributed by atoms with van der Waals surface area (Å²) in [6.45, 7) is 8.58. The average molecular weight is 775 g/mol. The number of unbranched alkanes of at least 4 members (excludes halogenated alkanes) is 3. The van der Waals surface area contributed by atoms with Crippen LogP contribution in [0.4, 0.5) is 45.5 Å². The molecule has 0 aromatic heterocycles. The number of hydrogen-bond donors (Lipinski definition) is 1. The van der Waals surface area contributed by atoms with Gasteiger partial charge in [-0.25, -0.2) is 0 Å². The van der Waals surface area contributed by atoms with Crippen LogP contribution in [-0.2, 0) is 0 Å². The summed E-state index contributed by atoms with van der Waals surface area (Å²) >= 11 is 6.29. The third-order valence-corrected chi connectivity index (χ3v) is 10.9. The fourth-order valence-electron chi connectivity index (χ4n) is 7.75. The lowest BCUT2D eigenvalue weighted by atomic mass is 9.79. The molecule has 0 radical (unpaired) electrons. The van der Waals surface area contributed by atoms with E-state index >= 15 is 9.59 Å². The zero-order valence-corrected chi connectivity index (χ0v) is 33.9. The second kappa shape index (κ2) is 18.4. The van der Waals surface area contributed by atoms with E-state index in [9.17, 15) is 0 Å². The van der Waals surface area contributed by atoms with E-state index in [0.29, 0.717) is 52.6 Å². The molecule has 0 atom stereocenters. The van der Waals surface area contributed by atoms with Crippen molar-refractivity contribution in [1.82, 2.24) is 0 Å². The lowest BCUT2D eigenvalue weighted by molar-refractivity contribution is 0.0981. The Hall–Kier alpha value is -5.85. The van der Waals surface area contributed by atoms with Crippen molar-refractivity contribution in [3.8, 4) is 0 Å². The van der Waals surface area contributed by atoms with E-state index < -0.39 is 0 Å². The summed E-state index contributed by atoms with van der Waals surface area (Å²) in [5.74, 6) is -0.344. The molecule has 0 saturated heterocycles. The molecule has 7 heteroatoms. The number of rotatable bonds is 17. The average Bonchev–Trinajstić information content (AvgIpc) is 3.25. The molecule has 1 N–H and O–H groups in total. The summed E-state index contributed by atoms with van der Waals surface area (Å²) in [5, 5.41) is 4.14. The minimum absolute atomic E-state index is 0.162. The van der Waals surface area contributed by atoms with Gasteiger partial charge in [0.2, 0.25) is 0 Å².